The zero-order valence-electron chi connectivity index (χ0n) is 24.9. The molecule has 9 rings (SSSR count). The molecule has 0 aliphatic rings. The molecular weight excluding hydrogens is 729 g/mol. The van der Waals surface area contributed by atoms with E-state index < -0.39 is 0 Å². The van der Waals surface area contributed by atoms with Gasteiger partial charge in [0.15, 0.2) is 0 Å². The Morgan fingerprint density at radius 2 is 1.47 bits per heavy atom. The van der Waals surface area contributed by atoms with Crippen molar-refractivity contribution >= 4 is 49.1 Å². The number of fused-ring (bicyclic) bond motifs is 7. The molecular formula is C40H30IrN4+. The average Bonchev–Trinajstić information content (AvgIpc) is 3.75. The molecule has 5 aromatic carbocycles. The summed E-state index contributed by atoms with van der Waals surface area (Å²) >= 11 is 0. The zero-order valence-corrected chi connectivity index (χ0v) is 27.3. The molecule has 0 fully saturated rings. The predicted octanol–water partition coefficient (Wildman–Crippen LogP) is 9.01. The normalized spacial score (nSPS) is 11.3. The minimum absolute atomic E-state index is 0. The van der Waals surface area contributed by atoms with Crippen molar-refractivity contribution in [3.63, 3.8) is 0 Å². The van der Waals surface area contributed by atoms with Gasteiger partial charge in [-0.2, -0.15) is 12.1 Å². The maximum absolute atomic E-state index is 4.22. The standard InChI is InChI=1S/C29H22N3.C11H8N.Ir/c1-2-3-17-30-19-31(27-14-7-6-13-26(27)30)20-15-16-22-24-11-8-10-23-21-9-4-5-12-25(21)32(29(23)24)28(22)18-20;1-2-6-10(7-3-1)11-8-4-5-9-12-11;/h4-14,16,18H,2-3,17H2,1H3;1-6,8-9H;/q2*-1;+3. The summed E-state index contributed by atoms with van der Waals surface area (Å²) in [5, 5.41) is 5.15. The number of aryl methyl sites for hydroxylation is 1. The quantitative estimate of drug-likeness (QED) is 0.127. The van der Waals surface area contributed by atoms with E-state index in [9.17, 15) is 0 Å². The Bertz CT molecular complexity index is 2330. The van der Waals surface area contributed by atoms with Gasteiger partial charge in [-0.15, -0.1) is 47.3 Å². The first-order valence-electron chi connectivity index (χ1n) is 15.2. The van der Waals surface area contributed by atoms with E-state index in [0.29, 0.717) is 0 Å². The summed E-state index contributed by atoms with van der Waals surface area (Å²) in [6.07, 6.45) is 7.70. The van der Waals surface area contributed by atoms with Crippen LogP contribution in [-0.4, -0.2) is 14.0 Å². The fraction of sp³-hybridized carbons (Fsp3) is 0.100. The second kappa shape index (κ2) is 12.3. The van der Waals surface area contributed by atoms with Gasteiger partial charge < -0.3 is 18.5 Å². The number of hydrogen-bond donors (Lipinski definition) is 0. The summed E-state index contributed by atoms with van der Waals surface area (Å²) < 4.78 is 6.83. The van der Waals surface area contributed by atoms with Gasteiger partial charge in [-0.3, -0.25) is 0 Å². The Kier molecular flexibility index (Phi) is 7.89. The SMILES string of the molecule is CCCC[n+]1[c-]n(-c2[c-]cc3c4cccc5c6ccccc6n(c3c2)c54)c2ccccc21.[Ir+3].[c-]1ccccc1-c1ccccn1. The minimum Gasteiger partial charge on any atom is -0.342 e. The molecule has 0 aliphatic heterocycles. The van der Waals surface area contributed by atoms with Crippen molar-refractivity contribution in [2.75, 3.05) is 0 Å². The Morgan fingerprint density at radius 3 is 2.27 bits per heavy atom. The van der Waals surface area contributed by atoms with Gasteiger partial charge in [-0.05, 0) is 29.6 Å². The molecule has 9 aromatic rings. The molecule has 0 bridgehead atoms. The molecule has 0 atom stereocenters. The number of rotatable bonds is 5. The first-order chi connectivity index (χ1) is 21.8. The van der Waals surface area contributed by atoms with E-state index in [1.807, 2.05) is 42.5 Å². The molecule has 0 N–H and O–H groups in total. The van der Waals surface area contributed by atoms with E-state index in [2.05, 4.69) is 123 Å². The summed E-state index contributed by atoms with van der Waals surface area (Å²) in [5.74, 6) is 0. The predicted molar refractivity (Wildman–Crippen MR) is 179 cm³/mol. The van der Waals surface area contributed by atoms with E-state index in [1.54, 1.807) is 6.20 Å². The van der Waals surface area contributed by atoms with Crippen LogP contribution in [-0.2, 0) is 26.7 Å². The van der Waals surface area contributed by atoms with Gasteiger partial charge in [0.25, 0.3) is 0 Å². The molecule has 0 amide bonds. The van der Waals surface area contributed by atoms with E-state index in [-0.39, 0.29) is 20.1 Å². The third-order valence-corrected chi connectivity index (χ3v) is 8.40. The van der Waals surface area contributed by atoms with Gasteiger partial charge in [0.1, 0.15) is 0 Å². The van der Waals surface area contributed by atoms with Gasteiger partial charge in [0.2, 0.25) is 6.33 Å². The van der Waals surface area contributed by atoms with Crippen LogP contribution < -0.4 is 4.57 Å². The number of hydrogen-bond acceptors (Lipinski definition) is 1. The molecule has 5 heteroatoms. The van der Waals surface area contributed by atoms with Gasteiger partial charge in [0.05, 0.1) is 23.1 Å². The maximum atomic E-state index is 4.22. The summed E-state index contributed by atoms with van der Waals surface area (Å²) in [6.45, 7) is 3.21. The van der Waals surface area contributed by atoms with Crippen LogP contribution in [0.25, 0.3) is 66.1 Å². The zero-order chi connectivity index (χ0) is 29.5. The molecule has 0 aliphatic carbocycles. The molecule has 218 valence electrons. The third kappa shape index (κ3) is 4.99. The van der Waals surface area contributed by atoms with Crippen molar-refractivity contribution in [3.05, 3.63) is 146 Å². The van der Waals surface area contributed by atoms with Crippen molar-refractivity contribution in [2.24, 2.45) is 0 Å². The van der Waals surface area contributed by atoms with Crippen LogP contribution in [0.2, 0.25) is 0 Å². The van der Waals surface area contributed by atoms with Crippen LogP contribution in [0.3, 0.4) is 0 Å². The largest absolute Gasteiger partial charge is 3.00 e. The Labute approximate surface area is 275 Å². The van der Waals surface area contributed by atoms with Gasteiger partial charge in [0, 0.05) is 22.5 Å². The number of nitrogens with zero attached hydrogens (tertiary/aromatic N) is 4. The Balaban J connectivity index is 0.000000211. The maximum Gasteiger partial charge on any atom is 3.00 e. The summed E-state index contributed by atoms with van der Waals surface area (Å²) in [7, 11) is 0. The number of pyridine rings is 1. The first-order valence-corrected chi connectivity index (χ1v) is 15.2. The van der Waals surface area contributed by atoms with Crippen molar-refractivity contribution < 1.29 is 24.7 Å². The molecule has 0 spiro atoms. The van der Waals surface area contributed by atoms with E-state index in [4.69, 9.17) is 0 Å². The summed E-state index contributed by atoms with van der Waals surface area (Å²) in [4.78, 5) is 4.22. The number of para-hydroxylation sites is 4. The number of unbranched alkanes of at least 4 members (excludes halogenated alkanes) is 1. The molecule has 4 aromatic heterocycles. The van der Waals surface area contributed by atoms with E-state index in [0.717, 1.165) is 35.4 Å². The second-order valence-corrected chi connectivity index (χ2v) is 11.1. The molecule has 4 heterocycles. The molecule has 45 heavy (non-hydrogen) atoms. The van der Waals surface area contributed by atoms with Crippen LogP contribution in [0.1, 0.15) is 19.8 Å². The number of aromatic nitrogens is 4. The number of benzene rings is 5. The van der Waals surface area contributed by atoms with E-state index in [1.165, 1.54) is 50.0 Å². The molecule has 0 saturated heterocycles. The van der Waals surface area contributed by atoms with Crippen LogP contribution in [0.4, 0.5) is 0 Å². The molecule has 0 unspecified atom stereocenters. The van der Waals surface area contributed by atoms with Crippen LogP contribution in [0.5, 0.6) is 0 Å². The topological polar surface area (TPSA) is 26.1 Å². The second-order valence-electron chi connectivity index (χ2n) is 11.1. The van der Waals surface area contributed by atoms with Crippen molar-refractivity contribution in [1.29, 1.82) is 0 Å². The minimum atomic E-state index is 0. The van der Waals surface area contributed by atoms with Crippen LogP contribution >= 0.6 is 0 Å². The smallest absolute Gasteiger partial charge is 0.342 e. The Morgan fingerprint density at radius 1 is 0.711 bits per heavy atom. The van der Waals surface area contributed by atoms with Crippen molar-refractivity contribution in [3.8, 4) is 16.9 Å². The number of imidazole rings is 1. The monoisotopic (exact) mass is 759 g/mol. The molecule has 0 radical (unpaired) electrons. The van der Waals surface area contributed by atoms with Crippen molar-refractivity contribution in [1.82, 2.24) is 14.0 Å². The molecule has 4 nitrogen and oxygen atoms in total. The third-order valence-electron chi connectivity index (χ3n) is 8.40. The summed E-state index contributed by atoms with van der Waals surface area (Å²) in [6, 6.07) is 48.7. The summed E-state index contributed by atoms with van der Waals surface area (Å²) in [5.41, 5.74) is 9.19. The van der Waals surface area contributed by atoms with Gasteiger partial charge >= 0.3 is 20.1 Å². The van der Waals surface area contributed by atoms with Gasteiger partial charge in [-0.1, -0.05) is 97.3 Å². The van der Waals surface area contributed by atoms with Crippen LogP contribution in [0, 0.1) is 18.5 Å². The first kappa shape index (κ1) is 28.9. The average molecular weight is 759 g/mol. The fourth-order valence-corrected chi connectivity index (χ4v) is 6.34. The van der Waals surface area contributed by atoms with Gasteiger partial charge in [-0.25, -0.2) is 0 Å². The van der Waals surface area contributed by atoms with Crippen LogP contribution in [0.15, 0.2) is 128 Å². The Hall–Kier alpha value is -4.83. The fourth-order valence-electron chi connectivity index (χ4n) is 6.34. The van der Waals surface area contributed by atoms with E-state index >= 15 is 0 Å². The van der Waals surface area contributed by atoms with Crippen molar-refractivity contribution in [2.45, 2.75) is 26.3 Å². The molecule has 0 saturated carbocycles.